The summed E-state index contributed by atoms with van der Waals surface area (Å²) in [6, 6.07) is 18.5. The van der Waals surface area contributed by atoms with Crippen molar-refractivity contribution in [2.24, 2.45) is 0 Å². The van der Waals surface area contributed by atoms with Gasteiger partial charge in [0.05, 0.1) is 0 Å². The molecule has 0 spiro atoms. The van der Waals surface area contributed by atoms with E-state index in [1.54, 1.807) is 50.1 Å². The minimum atomic E-state index is 0.337. The van der Waals surface area contributed by atoms with Crippen LogP contribution in [0.15, 0.2) is 68.1 Å². The molecular weight excluding hydrogens is 505 g/mol. The molecule has 5 aromatic carbocycles. The summed E-state index contributed by atoms with van der Waals surface area (Å²) in [6.45, 7) is 0. The molecule has 6 heteroatoms. The minimum absolute atomic E-state index is 0.337. The van der Waals surface area contributed by atoms with Crippen molar-refractivity contribution in [1.29, 1.82) is 0 Å². The van der Waals surface area contributed by atoms with Gasteiger partial charge in [-0.1, -0.05) is 48.5 Å². The molecule has 4 aliphatic heterocycles. The molecule has 156 valence electrons. The normalized spacial score (nSPS) is 19.2. The third kappa shape index (κ3) is 2.11. The number of rotatable bonds is 0. The number of hydrogen-bond acceptors (Lipinski definition) is 4. The highest BCUT2D eigenvalue weighted by atomic mass is 32.3. The van der Waals surface area contributed by atoms with Crippen LogP contribution >= 0.6 is 68.0 Å². The fourth-order valence-corrected chi connectivity index (χ4v) is 18.6. The van der Waals surface area contributed by atoms with E-state index in [0.717, 1.165) is 0 Å². The van der Waals surface area contributed by atoms with E-state index in [1.807, 2.05) is 0 Å². The Morgan fingerprint density at radius 2 is 0.719 bits per heavy atom. The van der Waals surface area contributed by atoms with Crippen LogP contribution in [0, 0.1) is 9.02 Å². The first-order valence-corrected chi connectivity index (χ1v) is 17.8. The first kappa shape index (κ1) is 18.6. The van der Waals surface area contributed by atoms with E-state index in [0.29, 0.717) is 21.0 Å². The number of thioether (sulfide) groups is 4. The lowest BCUT2D eigenvalue weighted by Crippen LogP contribution is -2.06. The molecule has 0 amide bonds. The van der Waals surface area contributed by atoms with Crippen molar-refractivity contribution in [1.82, 2.24) is 0 Å². The fourth-order valence-electron chi connectivity index (χ4n) is 5.87. The molecule has 0 N–H and O–H groups in total. The predicted molar refractivity (Wildman–Crippen MR) is 152 cm³/mol. The van der Waals surface area contributed by atoms with E-state index >= 15 is 0 Å². The second-order valence-electron chi connectivity index (χ2n) is 8.60. The van der Waals surface area contributed by atoms with Crippen LogP contribution in [0.3, 0.4) is 0 Å². The van der Waals surface area contributed by atoms with E-state index in [1.165, 1.54) is 41.9 Å². The topological polar surface area (TPSA) is 0 Å². The average Bonchev–Trinajstić information content (AvgIpc) is 2.87. The maximum absolute atomic E-state index is 2.38. The molecule has 32 heavy (non-hydrogen) atoms. The third-order valence-electron chi connectivity index (χ3n) is 7.11. The zero-order valence-corrected chi connectivity index (χ0v) is 21.8. The molecule has 0 bridgehead atoms. The Hall–Kier alpha value is -0.760. The van der Waals surface area contributed by atoms with Gasteiger partial charge < -0.3 is 0 Å². The van der Waals surface area contributed by atoms with Crippen LogP contribution in [0.2, 0.25) is 0 Å². The van der Waals surface area contributed by atoms with E-state index in [9.17, 15) is 0 Å². The number of benzene rings is 5. The standard InChI is InChI=1S/C26H16S6/c1-2-6-14-13(5-1)21-17-18-22(14)28-10-32-12-30-24-16-8-4-3-7-15(16)23-19(20(24)26(18)32)25(17)31(9-27-21)11-29-23/h1-8H,9-12H2. The summed E-state index contributed by atoms with van der Waals surface area (Å²) in [5, 5.41) is 17.6. The van der Waals surface area contributed by atoms with Gasteiger partial charge in [-0.25, -0.2) is 0 Å². The zero-order valence-electron chi connectivity index (χ0n) is 16.9. The molecule has 0 atom stereocenters. The van der Waals surface area contributed by atoms with Crippen LogP contribution in [0.1, 0.15) is 0 Å². The van der Waals surface area contributed by atoms with Gasteiger partial charge in [-0.05, 0) is 21.5 Å². The van der Waals surface area contributed by atoms with Crippen molar-refractivity contribution in [3.63, 3.8) is 0 Å². The molecular formula is C26H16S6. The second kappa shape index (κ2) is 6.46. The lowest BCUT2D eigenvalue weighted by atomic mass is 9.96. The molecule has 4 aliphatic rings. The monoisotopic (exact) mass is 520 g/mol. The first-order valence-electron chi connectivity index (χ1n) is 10.7. The maximum Gasteiger partial charge on any atom is 0.0404 e. The Morgan fingerprint density at radius 3 is 1.00 bits per heavy atom. The van der Waals surface area contributed by atoms with Gasteiger partial charge in [-0.2, -0.15) is 21.0 Å². The molecule has 0 aliphatic carbocycles. The van der Waals surface area contributed by atoms with Gasteiger partial charge in [0.25, 0.3) is 0 Å². The largest absolute Gasteiger partial charge is 0.156 e. The Kier molecular flexibility index (Phi) is 3.75. The molecule has 0 unspecified atom stereocenters. The second-order valence-corrected chi connectivity index (χ2v) is 17.9. The highest BCUT2D eigenvalue weighted by molar-refractivity contribution is 8.29. The van der Waals surface area contributed by atoms with Crippen molar-refractivity contribution < 1.29 is 0 Å². The molecule has 0 saturated carbocycles. The van der Waals surface area contributed by atoms with Gasteiger partial charge >= 0.3 is 0 Å². The van der Waals surface area contributed by atoms with E-state index in [-0.39, 0.29) is 0 Å². The van der Waals surface area contributed by atoms with Gasteiger partial charge in [0.15, 0.2) is 0 Å². The van der Waals surface area contributed by atoms with Crippen molar-refractivity contribution >= 4 is 111 Å². The zero-order chi connectivity index (χ0) is 20.6. The molecule has 0 aromatic heterocycles. The summed E-state index contributed by atoms with van der Waals surface area (Å²) >= 11 is 8.59. The molecule has 0 radical (unpaired) electrons. The fraction of sp³-hybridized carbons (Fsp3) is 0.154. The maximum atomic E-state index is 2.38. The SMILES string of the molecule is c1ccc2c3c4c5c6c(c7ccccc7c7c6c6c4c(c2c1)SCS=6CS7)SCS=5CS3. The molecule has 0 saturated heterocycles. The lowest BCUT2D eigenvalue weighted by molar-refractivity contribution is 1.47. The third-order valence-corrected chi connectivity index (χ3v) is 18.4. The van der Waals surface area contributed by atoms with Gasteiger partial charge in [0.1, 0.15) is 0 Å². The summed E-state index contributed by atoms with van der Waals surface area (Å²) in [4.78, 5) is 6.31. The highest BCUT2D eigenvalue weighted by Gasteiger charge is 2.32. The molecule has 0 nitrogen and oxygen atoms in total. The first-order chi connectivity index (χ1) is 15.9. The van der Waals surface area contributed by atoms with Gasteiger partial charge in [0, 0.05) is 70.5 Å². The van der Waals surface area contributed by atoms with E-state index < -0.39 is 0 Å². The Bertz CT molecular complexity index is 1620. The van der Waals surface area contributed by atoms with Gasteiger partial charge in [-0.3, -0.25) is 0 Å². The van der Waals surface area contributed by atoms with Crippen LogP contribution in [0.4, 0.5) is 0 Å². The summed E-state index contributed by atoms with van der Waals surface area (Å²) < 4.78 is 3.46. The predicted octanol–water partition coefficient (Wildman–Crippen LogP) is 9.59. The Balaban J connectivity index is 1.76. The van der Waals surface area contributed by atoms with Crippen LogP contribution in [0.5, 0.6) is 0 Å². The highest BCUT2D eigenvalue weighted by Crippen LogP contribution is 2.61. The van der Waals surface area contributed by atoms with Crippen LogP contribution < -0.4 is 0 Å². The summed E-state index contributed by atoms with van der Waals surface area (Å²) in [5.74, 6) is 0. The molecule has 9 rings (SSSR count). The smallest absolute Gasteiger partial charge is 0.0404 e. The average molecular weight is 521 g/mol. The van der Waals surface area contributed by atoms with Gasteiger partial charge in [-0.15, -0.1) is 47.0 Å². The van der Waals surface area contributed by atoms with Crippen molar-refractivity contribution in [2.45, 2.75) is 19.6 Å². The van der Waals surface area contributed by atoms with Crippen molar-refractivity contribution in [3.8, 4) is 0 Å². The van der Waals surface area contributed by atoms with Crippen LogP contribution in [-0.2, 0) is 0 Å². The van der Waals surface area contributed by atoms with Crippen molar-refractivity contribution in [3.05, 3.63) is 57.6 Å². The molecule has 4 heterocycles. The quantitative estimate of drug-likeness (QED) is 0.147. The summed E-state index contributed by atoms with van der Waals surface area (Å²) in [7, 11) is 0.673. The van der Waals surface area contributed by atoms with Crippen LogP contribution in [-0.4, -0.2) is 20.3 Å². The molecule has 5 aromatic rings. The van der Waals surface area contributed by atoms with Gasteiger partial charge in [0.2, 0.25) is 0 Å². The van der Waals surface area contributed by atoms with E-state index in [4.69, 9.17) is 0 Å². The lowest BCUT2D eigenvalue weighted by Gasteiger charge is -2.33. The number of hydrogen-bond donors (Lipinski definition) is 0. The summed E-state index contributed by atoms with van der Waals surface area (Å²) in [5.41, 5.74) is 0. The Labute approximate surface area is 207 Å². The van der Waals surface area contributed by atoms with E-state index in [2.05, 4.69) is 95.6 Å². The minimum Gasteiger partial charge on any atom is -0.156 e. The van der Waals surface area contributed by atoms with Crippen LogP contribution in [0.25, 0.3) is 43.1 Å². The molecule has 0 fully saturated rings. The Morgan fingerprint density at radius 1 is 0.438 bits per heavy atom. The summed E-state index contributed by atoms with van der Waals surface area (Å²) in [6.07, 6.45) is 0. The van der Waals surface area contributed by atoms with Crippen molar-refractivity contribution in [2.75, 3.05) is 20.3 Å². The number of fused-ring (bicyclic) bond motifs is 6.